The second kappa shape index (κ2) is 2.86. The van der Waals surface area contributed by atoms with E-state index in [4.69, 9.17) is 10.7 Å². The molecule has 1 rings (SSSR count). The van der Waals surface area contributed by atoms with E-state index in [1.54, 1.807) is 0 Å². The molecule has 66 valence electrons. The molecule has 1 saturated carbocycles. The number of rotatable bonds is 2. The van der Waals surface area contributed by atoms with Crippen molar-refractivity contribution in [3.8, 4) is 0 Å². The average molecular weight is 205 g/mol. The Balaban J connectivity index is 2.42. The van der Waals surface area contributed by atoms with Crippen LogP contribution in [0.3, 0.4) is 0 Å². The van der Waals surface area contributed by atoms with Crippen molar-refractivity contribution in [2.24, 2.45) is 5.92 Å². The van der Waals surface area contributed by atoms with Crippen molar-refractivity contribution in [1.29, 1.82) is 0 Å². The third-order valence-electron chi connectivity index (χ3n) is 1.89. The zero-order valence-electron chi connectivity index (χ0n) is 5.50. The Hall–Kier alpha value is 0.1000. The highest BCUT2D eigenvalue weighted by molar-refractivity contribution is 8.14. The van der Waals surface area contributed by atoms with Crippen LogP contribution in [0.5, 0.6) is 0 Å². The minimum Gasteiger partial charge on any atom is -0.212 e. The van der Waals surface area contributed by atoms with Crippen LogP contribution in [0.15, 0.2) is 0 Å². The van der Waals surface area contributed by atoms with Crippen LogP contribution in [-0.4, -0.2) is 20.1 Å². The Morgan fingerprint density at radius 2 is 1.82 bits per heavy atom. The number of hydrogen-bond acceptors (Lipinski definition) is 2. The van der Waals surface area contributed by atoms with Gasteiger partial charge in [0, 0.05) is 16.6 Å². The Morgan fingerprint density at radius 3 is 2.09 bits per heavy atom. The molecule has 0 heterocycles. The third kappa shape index (κ3) is 2.02. The number of hydrogen-bond donors (Lipinski definition) is 0. The smallest absolute Gasteiger partial charge is 0.212 e. The van der Waals surface area contributed by atoms with Gasteiger partial charge in [0.15, 0.2) is 0 Å². The number of halogens is 3. The van der Waals surface area contributed by atoms with E-state index < -0.39 is 26.6 Å². The third-order valence-corrected chi connectivity index (χ3v) is 3.82. The van der Waals surface area contributed by atoms with E-state index in [2.05, 4.69) is 0 Å². The topological polar surface area (TPSA) is 34.1 Å². The van der Waals surface area contributed by atoms with E-state index in [1.165, 1.54) is 0 Å². The summed E-state index contributed by atoms with van der Waals surface area (Å²) in [5.74, 6) is -0.770. The van der Waals surface area contributed by atoms with Crippen molar-refractivity contribution in [2.75, 3.05) is 0 Å². The van der Waals surface area contributed by atoms with Crippen LogP contribution in [0.4, 0.5) is 8.78 Å². The summed E-state index contributed by atoms with van der Waals surface area (Å²) >= 11 is 0. The van der Waals surface area contributed by atoms with Gasteiger partial charge in [-0.05, 0) is 12.8 Å². The summed E-state index contributed by atoms with van der Waals surface area (Å²) in [5.41, 5.74) is 0. The lowest BCUT2D eigenvalue weighted by molar-refractivity contribution is 0.0367. The molecular formula is C5H7ClF2O2S. The maximum atomic E-state index is 11.8. The van der Waals surface area contributed by atoms with Crippen LogP contribution >= 0.6 is 10.7 Å². The monoisotopic (exact) mass is 204 g/mol. The molecule has 1 aliphatic rings. The van der Waals surface area contributed by atoms with Crippen molar-refractivity contribution in [1.82, 2.24) is 0 Å². The molecule has 1 aliphatic carbocycles. The zero-order valence-corrected chi connectivity index (χ0v) is 7.08. The SMILES string of the molecule is O=S(=O)(Cl)C1CC(C(F)F)C1. The van der Waals surface area contributed by atoms with Gasteiger partial charge in [0.05, 0.1) is 5.25 Å². The predicted octanol–water partition coefficient (Wildman–Crippen LogP) is 1.60. The second-order valence-electron chi connectivity index (χ2n) is 2.66. The van der Waals surface area contributed by atoms with Gasteiger partial charge in [-0.3, -0.25) is 0 Å². The Morgan fingerprint density at radius 1 is 1.36 bits per heavy atom. The summed E-state index contributed by atoms with van der Waals surface area (Å²) in [5, 5.41) is -0.747. The summed E-state index contributed by atoms with van der Waals surface area (Å²) in [6.07, 6.45) is -2.41. The lowest BCUT2D eigenvalue weighted by atomic mass is 9.85. The fourth-order valence-electron chi connectivity index (χ4n) is 1.04. The first kappa shape index (κ1) is 9.19. The fraction of sp³-hybridized carbons (Fsp3) is 1.00. The minimum absolute atomic E-state index is 0.00347. The summed E-state index contributed by atoms with van der Waals surface area (Å²) < 4.78 is 44.6. The molecule has 0 saturated heterocycles. The number of alkyl halides is 2. The molecule has 0 radical (unpaired) electrons. The summed E-state index contributed by atoms with van der Waals surface area (Å²) in [7, 11) is 1.34. The first-order chi connectivity index (χ1) is 4.91. The van der Waals surface area contributed by atoms with Gasteiger partial charge in [-0.1, -0.05) is 0 Å². The highest BCUT2D eigenvalue weighted by atomic mass is 35.7. The molecule has 0 spiro atoms. The Kier molecular flexibility index (Phi) is 2.39. The van der Waals surface area contributed by atoms with Crippen molar-refractivity contribution in [3.63, 3.8) is 0 Å². The molecular weight excluding hydrogens is 198 g/mol. The molecule has 2 nitrogen and oxygen atoms in total. The van der Waals surface area contributed by atoms with Gasteiger partial charge in [-0.2, -0.15) is 0 Å². The molecule has 0 aromatic rings. The molecule has 0 aromatic heterocycles. The molecule has 11 heavy (non-hydrogen) atoms. The zero-order chi connectivity index (χ0) is 8.65. The maximum Gasteiger partial charge on any atom is 0.241 e. The van der Waals surface area contributed by atoms with Gasteiger partial charge >= 0.3 is 0 Å². The summed E-state index contributed by atoms with van der Waals surface area (Å²) in [6, 6.07) is 0. The van der Waals surface area contributed by atoms with Crippen molar-refractivity contribution in [2.45, 2.75) is 24.5 Å². The Bertz CT molecular complexity index is 233. The van der Waals surface area contributed by atoms with Gasteiger partial charge in [0.2, 0.25) is 15.5 Å². The quantitative estimate of drug-likeness (QED) is 0.641. The van der Waals surface area contributed by atoms with Crippen molar-refractivity contribution in [3.05, 3.63) is 0 Å². The van der Waals surface area contributed by atoms with Gasteiger partial charge in [-0.25, -0.2) is 17.2 Å². The van der Waals surface area contributed by atoms with Gasteiger partial charge in [-0.15, -0.1) is 0 Å². The van der Waals surface area contributed by atoms with E-state index in [-0.39, 0.29) is 12.8 Å². The van der Waals surface area contributed by atoms with Crippen molar-refractivity contribution < 1.29 is 17.2 Å². The predicted molar refractivity (Wildman–Crippen MR) is 37.3 cm³/mol. The first-order valence-electron chi connectivity index (χ1n) is 3.13. The summed E-state index contributed by atoms with van der Waals surface area (Å²) in [4.78, 5) is 0. The fourth-order valence-corrected chi connectivity index (χ4v) is 2.43. The van der Waals surface area contributed by atoms with Crippen LogP contribution in [-0.2, 0) is 9.05 Å². The Labute approximate surface area is 68.0 Å². The van der Waals surface area contributed by atoms with Crippen molar-refractivity contribution >= 4 is 19.7 Å². The highest BCUT2D eigenvalue weighted by Gasteiger charge is 2.42. The molecule has 6 heteroatoms. The normalized spacial score (nSPS) is 32.0. The highest BCUT2D eigenvalue weighted by Crippen LogP contribution is 2.38. The molecule has 0 unspecified atom stereocenters. The van der Waals surface area contributed by atoms with E-state index in [9.17, 15) is 17.2 Å². The molecule has 0 atom stereocenters. The molecule has 0 aromatic carbocycles. The molecule has 0 amide bonds. The van der Waals surface area contributed by atoms with E-state index in [1.807, 2.05) is 0 Å². The van der Waals surface area contributed by atoms with Crippen LogP contribution in [0.2, 0.25) is 0 Å². The molecule has 0 bridgehead atoms. The first-order valence-corrected chi connectivity index (χ1v) is 5.50. The molecule has 0 aliphatic heterocycles. The van der Waals surface area contributed by atoms with Crippen LogP contribution < -0.4 is 0 Å². The van der Waals surface area contributed by atoms with E-state index in [0.717, 1.165) is 0 Å². The van der Waals surface area contributed by atoms with Crippen LogP contribution in [0.25, 0.3) is 0 Å². The second-order valence-corrected chi connectivity index (χ2v) is 5.57. The van der Waals surface area contributed by atoms with Crippen LogP contribution in [0, 0.1) is 5.92 Å². The van der Waals surface area contributed by atoms with E-state index >= 15 is 0 Å². The summed E-state index contributed by atoms with van der Waals surface area (Å²) in [6.45, 7) is 0. The molecule has 1 fully saturated rings. The molecule has 0 N–H and O–H groups in total. The average Bonchev–Trinajstić information content (AvgIpc) is 1.51. The largest absolute Gasteiger partial charge is 0.241 e. The maximum absolute atomic E-state index is 11.8. The lowest BCUT2D eigenvalue weighted by Crippen LogP contribution is -2.37. The van der Waals surface area contributed by atoms with Crippen LogP contribution in [0.1, 0.15) is 12.8 Å². The standard InChI is InChI=1S/C5H7ClF2O2S/c6-11(9,10)4-1-3(2-4)5(7)8/h3-5H,1-2H2. The van der Waals surface area contributed by atoms with Gasteiger partial charge < -0.3 is 0 Å². The van der Waals surface area contributed by atoms with E-state index in [0.29, 0.717) is 0 Å². The van der Waals surface area contributed by atoms with Gasteiger partial charge in [0.25, 0.3) is 0 Å². The minimum atomic E-state index is -3.59. The van der Waals surface area contributed by atoms with Gasteiger partial charge in [0.1, 0.15) is 0 Å². The lowest BCUT2D eigenvalue weighted by Gasteiger charge is -2.31.